The fraction of sp³-hybridized carbons (Fsp3) is 0.350. The summed E-state index contributed by atoms with van der Waals surface area (Å²) in [5.41, 5.74) is 3.94. The molecule has 0 radical (unpaired) electrons. The molecule has 0 saturated carbocycles. The van der Waals surface area contributed by atoms with Crippen LogP contribution in [0.25, 0.3) is 11.1 Å². The Morgan fingerprint density at radius 3 is 2.92 bits per heavy atom. The predicted octanol–water partition coefficient (Wildman–Crippen LogP) is 2.76. The highest BCUT2D eigenvalue weighted by Crippen LogP contribution is 2.33. The van der Waals surface area contributed by atoms with Crippen LogP contribution in [0, 0.1) is 5.82 Å². The number of benzene rings is 2. The SMILES string of the molecule is O=C(CC1CNCCO1)N1CCc2cc(-c3cccc(F)c3)ccc21. The Morgan fingerprint density at radius 1 is 1.24 bits per heavy atom. The molecule has 5 heteroatoms. The lowest BCUT2D eigenvalue weighted by Crippen LogP contribution is -2.42. The molecule has 4 rings (SSSR count). The van der Waals surface area contributed by atoms with Crippen molar-refractivity contribution < 1.29 is 13.9 Å². The van der Waals surface area contributed by atoms with Gasteiger partial charge < -0.3 is 15.0 Å². The van der Waals surface area contributed by atoms with E-state index in [4.69, 9.17) is 4.74 Å². The molecule has 1 amide bonds. The van der Waals surface area contributed by atoms with E-state index in [0.717, 1.165) is 41.9 Å². The normalized spacial score (nSPS) is 19.7. The first-order valence-corrected chi connectivity index (χ1v) is 8.72. The van der Waals surface area contributed by atoms with Crippen LogP contribution in [0.4, 0.5) is 10.1 Å². The van der Waals surface area contributed by atoms with E-state index >= 15 is 0 Å². The van der Waals surface area contributed by atoms with Gasteiger partial charge in [0, 0.05) is 25.3 Å². The topological polar surface area (TPSA) is 41.6 Å². The highest BCUT2D eigenvalue weighted by atomic mass is 19.1. The Hall–Kier alpha value is -2.24. The van der Waals surface area contributed by atoms with Crippen LogP contribution in [0.3, 0.4) is 0 Å². The lowest BCUT2D eigenvalue weighted by Gasteiger charge is -2.25. The first-order valence-electron chi connectivity index (χ1n) is 8.72. The minimum Gasteiger partial charge on any atom is -0.375 e. The van der Waals surface area contributed by atoms with Crippen LogP contribution in [0.5, 0.6) is 0 Å². The second-order valence-corrected chi connectivity index (χ2v) is 6.55. The van der Waals surface area contributed by atoms with Crippen molar-refractivity contribution in [1.82, 2.24) is 5.32 Å². The number of rotatable bonds is 3. The van der Waals surface area contributed by atoms with E-state index in [-0.39, 0.29) is 17.8 Å². The number of hydrogen-bond acceptors (Lipinski definition) is 3. The van der Waals surface area contributed by atoms with Gasteiger partial charge in [0.15, 0.2) is 0 Å². The molecule has 0 spiro atoms. The van der Waals surface area contributed by atoms with E-state index < -0.39 is 0 Å². The van der Waals surface area contributed by atoms with Crippen molar-refractivity contribution in [3.05, 3.63) is 53.8 Å². The van der Waals surface area contributed by atoms with E-state index in [1.807, 2.05) is 23.1 Å². The molecular formula is C20H21FN2O2. The average Bonchev–Trinajstić information content (AvgIpc) is 3.06. The van der Waals surface area contributed by atoms with Crippen LogP contribution < -0.4 is 10.2 Å². The van der Waals surface area contributed by atoms with E-state index in [2.05, 4.69) is 11.4 Å². The zero-order valence-electron chi connectivity index (χ0n) is 14.0. The van der Waals surface area contributed by atoms with Gasteiger partial charge in [0.25, 0.3) is 0 Å². The highest BCUT2D eigenvalue weighted by molar-refractivity contribution is 5.96. The van der Waals surface area contributed by atoms with Crippen LogP contribution >= 0.6 is 0 Å². The lowest BCUT2D eigenvalue weighted by atomic mass is 10.0. The Bertz CT molecular complexity index is 787. The summed E-state index contributed by atoms with van der Waals surface area (Å²) in [4.78, 5) is 14.5. The number of amides is 1. The number of nitrogens with zero attached hydrogens (tertiary/aromatic N) is 1. The summed E-state index contributed by atoms with van der Waals surface area (Å²) in [6.07, 6.45) is 1.18. The quantitative estimate of drug-likeness (QED) is 0.934. The largest absolute Gasteiger partial charge is 0.375 e. The maximum absolute atomic E-state index is 13.4. The summed E-state index contributed by atoms with van der Waals surface area (Å²) >= 11 is 0. The van der Waals surface area contributed by atoms with Gasteiger partial charge in [-0.05, 0) is 47.4 Å². The van der Waals surface area contributed by atoms with E-state index in [9.17, 15) is 9.18 Å². The number of carbonyl (C=O) groups excluding carboxylic acids is 1. The minimum absolute atomic E-state index is 0.0446. The van der Waals surface area contributed by atoms with Crippen molar-refractivity contribution in [3.8, 4) is 11.1 Å². The molecule has 0 aliphatic carbocycles. The molecule has 1 N–H and O–H groups in total. The fourth-order valence-electron chi connectivity index (χ4n) is 3.56. The van der Waals surface area contributed by atoms with Crippen LogP contribution in [0.15, 0.2) is 42.5 Å². The van der Waals surface area contributed by atoms with Crippen molar-refractivity contribution in [2.75, 3.05) is 31.1 Å². The molecule has 25 heavy (non-hydrogen) atoms. The zero-order valence-corrected chi connectivity index (χ0v) is 14.0. The van der Waals surface area contributed by atoms with E-state index in [1.165, 1.54) is 12.1 Å². The van der Waals surface area contributed by atoms with Crippen LogP contribution in [0.2, 0.25) is 0 Å². The first-order chi connectivity index (χ1) is 12.2. The summed E-state index contributed by atoms with van der Waals surface area (Å²) in [5.74, 6) is -0.137. The third-order valence-electron chi connectivity index (χ3n) is 4.84. The predicted molar refractivity (Wildman–Crippen MR) is 95.1 cm³/mol. The number of fused-ring (bicyclic) bond motifs is 1. The van der Waals surface area contributed by atoms with Gasteiger partial charge in [-0.25, -0.2) is 4.39 Å². The maximum atomic E-state index is 13.4. The molecule has 4 nitrogen and oxygen atoms in total. The Labute approximate surface area is 146 Å². The van der Waals surface area contributed by atoms with E-state index in [1.54, 1.807) is 6.07 Å². The van der Waals surface area contributed by atoms with Gasteiger partial charge in [0.1, 0.15) is 5.82 Å². The summed E-state index contributed by atoms with van der Waals surface area (Å²) in [7, 11) is 0. The Morgan fingerprint density at radius 2 is 2.12 bits per heavy atom. The van der Waals surface area contributed by atoms with Gasteiger partial charge in [-0.15, -0.1) is 0 Å². The van der Waals surface area contributed by atoms with Crippen LogP contribution in [0.1, 0.15) is 12.0 Å². The van der Waals surface area contributed by atoms with Gasteiger partial charge in [-0.1, -0.05) is 18.2 Å². The number of hydrogen-bond donors (Lipinski definition) is 1. The molecule has 1 unspecified atom stereocenters. The molecule has 2 aliphatic heterocycles. The highest BCUT2D eigenvalue weighted by Gasteiger charge is 2.27. The molecular weight excluding hydrogens is 319 g/mol. The molecule has 130 valence electrons. The van der Waals surface area contributed by atoms with E-state index in [0.29, 0.717) is 19.6 Å². The van der Waals surface area contributed by atoms with Gasteiger partial charge in [-0.2, -0.15) is 0 Å². The monoisotopic (exact) mass is 340 g/mol. The molecule has 1 fully saturated rings. The van der Waals surface area contributed by atoms with Crippen molar-refractivity contribution in [2.24, 2.45) is 0 Å². The molecule has 2 aromatic rings. The molecule has 0 bridgehead atoms. The molecule has 2 aromatic carbocycles. The molecule has 0 aromatic heterocycles. The van der Waals surface area contributed by atoms with Crippen LogP contribution in [-0.2, 0) is 16.0 Å². The second-order valence-electron chi connectivity index (χ2n) is 6.55. The maximum Gasteiger partial charge on any atom is 0.229 e. The molecule has 2 heterocycles. The minimum atomic E-state index is -0.240. The van der Waals surface area contributed by atoms with Gasteiger partial charge in [0.2, 0.25) is 5.91 Å². The van der Waals surface area contributed by atoms with Crippen molar-refractivity contribution in [1.29, 1.82) is 0 Å². The number of halogens is 1. The smallest absolute Gasteiger partial charge is 0.229 e. The number of carbonyl (C=O) groups is 1. The van der Waals surface area contributed by atoms with Gasteiger partial charge >= 0.3 is 0 Å². The third-order valence-corrected chi connectivity index (χ3v) is 4.84. The average molecular weight is 340 g/mol. The zero-order chi connectivity index (χ0) is 17.2. The number of ether oxygens (including phenoxy) is 1. The van der Waals surface area contributed by atoms with Crippen molar-refractivity contribution >= 4 is 11.6 Å². The number of morpholine rings is 1. The fourth-order valence-corrected chi connectivity index (χ4v) is 3.56. The molecule has 1 saturated heterocycles. The summed E-state index contributed by atoms with van der Waals surface area (Å²) in [6.45, 7) is 2.93. The lowest BCUT2D eigenvalue weighted by molar-refractivity contribution is -0.121. The number of nitrogens with one attached hydrogen (secondary N) is 1. The Kier molecular flexibility index (Phi) is 4.51. The summed E-state index contributed by atoms with van der Waals surface area (Å²) < 4.78 is 19.1. The summed E-state index contributed by atoms with van der Waals surface area (Å²) in [5, 5.41) is 3.25. The Balaban J connectivity index is 1.52. The van der Waals surface area contributed by atoms with Crippen molar-refractivity contribution in [2.45, 2.75) is 18.9 Å². The van der Waals surface area contributed by atoms with Gasteiger partial charge in [0.05, 0.1) is 19.1 Å². The van der Waals surface area contributed by atoms with Crippen molar-refractivity contribution in [3.63, 3.8) is 0 Å². The first kappa shape index (κ1) is 16.2. The molecule has 2 aliphatic rings. The summed E-state index contributed by atoms with van der Waals surface area (Å²) in [6, 6.07) is 12.6. The third kappa shape index (κ3) is 3.43. The molecule has 1 atom stereocenters. The van der Waals surface area contributed by atoms with Gasteiger partial charge in [-0.3, -0.25) is 4.79 Å². The van der Waals surface area contributed by atoms with Crippen LogP contribution in [-0.4, -0.2) is 38.3 Å². The number of anilines is 1. The standard InChI is InChI=1S/C20H21FN2O2/c21-17-3-1-2-14(11-17)15-4-5-19-16(10-15)6-8-23(19)20(24)12-18-13-22-7-9-25-18/h1-5,10-11,18,22H,6-9,12-13H2. The second kappa shape index (κ2) is 6.94.